The molecule has 25 heavy (non-hydrogen) atoms. The van der Waals surface area contributed by atoms with Gasteiger partial charge in [0.2, 0.25) is 5.91 Å². The van der Waals surface area contributed by atoms with E-state index in [1.165, 1.54) is 5.56 Å². The first-order chi connectivity index (χ1) is 12.2. The highest BCUT2D eigenvalue weighted by Gasteiger charge is 2.38. The molecule has 1 aromatic carbocycles. The molecule has 2 fully saturated rings. The van der Waals surface area contributed by atoms with E-state index in [2.05, 4.69) is 17.0 Å². The summed E-state index contributed by atoms with van der Waals surface area (Å²) in [5, 5.41) is 10.4. The molecule has 3 aliphatic heterocycles. The molecule has 0 aliphatic carbocycles. The van der Waals surface area contributed by atoms with Crippen molar-refractivity contribution in [1.82, 2.24) is 4.90 Å². The quantitative estimate of drug-likeness (QED) is 0.909. The van der Waals surface area contributed by atoms with Crippen LogP contribution in [0.3, 0.4) is 0 Å². The predicted molar refractivity (Wildman–Crippen MR) is 96.6 cm³/mol. The van der Waals surface area contributed by atoms with Crippen molar-refractivity contribution >= 4 is 11.6 Å². The molecule has 0 spiro atoms. The summed E-state index contributed by atoms with van der Waals surface area (Å²) >= 11 is 0. The van der Waals surface area contributed by atoms with Gasteiger partial charge in [-0.3, -0.25) is 9.69 Å². The fraction of sp³-hybridized carbons (Fsp3) is 0.650. The number of benzene rings is 1. The number of ether oxygens (including phenoxy) is 1. The first-order valence-electron chi connectivity index (χ1n) is 9.62. The minimum atomic E-state index is -0.301. The van der Waals surface area contributed by atoms with Gasteiger partial charge in [-0.1, -0.05) is 18.2 Å². The Hall–Kier alpha value is -1.43. The van der Waals surface area contributed by atoms with Crippen molar-refractivity contribution in [3.05, 3.63) is 29.8 Å². The molecule has 136 valence electrons. The maximum absolute atomic E-state index is 13.0. The maximum Gasteiger partial charge on any atom is 0.241 e. The van der Waals surface area contributed by atoms with Crippen LogP contribution in [0.5, 0.6) is 0 Å². The van der Waals surface area contributed by atoms with Crippen LogP contribution in [0.4, 0.5) is 5.69 Å². The number of carbonyl (C=O) groups excluding carboxylic acids is 1. The van der Waals surface area contributed by atoms with Gasteiger partial charge in [0, 0.05) is 30.8 Å². The second-order valence-electron chi connectivity index (χ2n) is 7.55. The van der Waals surface area contributed by atoms with E-state index in [1.54, 1.807) is 0 Å². The van der Waals surface area contributed by atoms with Gasteiger partial charge in [0.05, 0.1) is 19.3 Å². The lowest BCUT2D eigenvalue weighted by atomic mass is 9.89. The number of carbonyl (C=O) groups is 1. The highest BCUT2D eigenvalue weighted by Crippen LogP contribution is 2.31. The van der Waals surface area contributed by atoms with Crippen molar-refractivity contribution in [3.63, 3.8) is 0 Å². The number of likely N-dealkylation sites (tertiary alicyclic amines) is 1. The molecular weight excluding hydrogens is 316 g/mol. The summed E-state index contributed by atoms with van der Waals surface area (Å²) in [6.07, 6.45) is 4.64. The number of amides is 1. The third kappa shape index (κ3) is 3.46. The Morgan fingerprint density at radius 2 is 2.08 bits per heavy atom. The number of fused-ring (bicyclic) bond motifs is 1. The molecule has 0 bridgehead atoms. The van der Waals surface area contributed by atoms with E-state index >= 15 is 0 Å². The lowest BCUT2D eigenvalue weighted by Crippen LogP contribution is -2.50. The van der Waals surface area contributed by atoms with Gasteiger partial charge < -0.3 is 14.7 Å². The van der Waals surface area contributed by atoms with Crippen molar-refractivity contribution < 1.29 is 14.6 Å². The summed E-state index contributed by atoms with van der Waals surface area (Å²) in [6, 6.07) is 8.52. The highest BCUT2D eigenvalue weighted by atomic mass is 16.5. The molecule has 3 atom stereocenters. The zero-order valence-electron chi connectivity index (χ0n) is 14.8. The monoisotopic (exact) mass is 344 g/mol. The van der Waals surface area contributed by atoms with E-state index in [1.807, 2.05) is 17.0 Å². The highest BCUT2D eigenvalue weighted by molar-refractivity contribution is 5.96. The number of aryl methyl sites for hydroxylation is 1. The number of hydrogen-bond donors (Lipinski definition) is 1. The van der Waals surface area contributed by atoms with Crippen molar-refractivity contribution in [1.29, 1.82) is 0 Å². The molecule has 5 nitrogen and oxygen atoms in total. The van der Waals surface area contributed by atoms with Crippen LogP contribution in [0.1, 0.15) is 31.2 Å². The van der Waals surface area contributed by atoms with Gasteiger partial charge in [-0.2, -0.15) is 0 Å². The minimum absolute atomic E-state index is 0.137. The number of para-hydroxylation sites is 1. The number of anilines is 1. The summed E-state index contributed by atoms with van der Waals surface area (Å²) in [7, 11) is 0. The first-order valence-corrected chi connectivity index (χ1v) is 9.62. The predicted octanol–water partition coefficient (Wildman–Crippen LogP) is 1.83. The van der Waals surface area contributed by atoms with Gasteiger partial charge in [-0.25, -0.2) is 0 Å². The molecule has 1 N–H and O–H groups in total. The maximum atomic E-state index is 13.0. The van der Waals surface area contributed by atoms with Crippen LogP contribution in [0.15, 0.2) is 24.3 Å². The molecule has 0 saturated carbocycles. The minimum Gasteiger partial charge on any atom is -0.393 e. The van der Waals surface area contributed by atoms with Crippen molar-refractivity contribution in [3.8, 4) is 0 Å². The van der Waals surface area contributed by atoms with E-state index in [0.29, 0.717) is 26.2 Å². The Morgan fingerprint density at radius 1 is 1.20 bits per heavy atom. The first kappa shape index (κ1) is 17.0. The Balaban J connectivity index is 1.45. The van der Waals surface area contributed by atoms with E-state index in [-0.39, 0.29) is 24.0 Å². The largest absolute Gasteiger partial charge is 0.393 e. The average molecular weight is 344 g/mol. The van der Waals surface area contributed by atoms with Gasteiger partial charge in [-0.15, -0.1) is 0 Å². The summed E-state index contributed by atoms with van der Waals surface area (Å²) in [6.45, 7) is 3.46. The normalized spacial score (nSPS) is 30.3. The lowest BCUT2D eigenvalue weighted by Gasteiger charge is -2.38. The summed E-state index contributed by atoms with van der Waals surface area (Å²) in [5.74, 6) is 0.322. The van der Waals surface area contributed by atoms with Crippen LogP contribution >= 0.6 is 0 Å². The second-order valence-corrected chi connectivity index (χ2v) is 7.55. The Kier molecular flexibility index (Phi) is 5.06. The van der Waals surface area contributed by atoms with Gasteiger partial charge in [-0.05, 0) is 50.3 Å². The van der Waals surface area contributed by atoms with E-state index < -0.39 is 0 Å². The van der Waals surface area contributed by atoms with Crippen LogP contribution in [0.2, 0.25) is 0 Å². The molecule has 1 amide bonds. The molecule has 1 aromatic rings. The molecule has 0 radical (unpaired) electrons. The fourth-order valence-corrected chi connectivity index (χ4v) is 4.70. The van der Waals surface area contributed by atoms with Gasteiger partial charge in [0.25, 0.3) is 0 Å². The van der Waals surface area contributed by atoms with Gasteiger partial charge >= 0.3 is 0 Å². The number of rotatable bonds is 3. The zero-order valence-corrected chi connectivity index (χ0v) is 14.8. The van der Waals surface area contributed by atoms with E-state index in [9.17, 15) is 9.90 Å². The van der Waals surface area contributed by atoms with Crippen molar-refractivity contribution in [2.45, 2.75) is 44.2 Å². The Labute approximate surface area is 149 Å². The average Bonchev–Trinajstić information content (AvgIpc) is 3.09. The summed E-state index contributed by atoms with van der Waals surface area (Å²) in [5.41, 5.74) is 2.35. The van der Waals surface area contributed by atoms with Crippen LogP contribution < -0.4 is 4.90 Å². The Morgan fingerprint density at radius 3 is 2.96 bits per heavy atom. The third-order valence-electron chi connectivity index (χ3n) is 6.02. The van der Waals surface area contributed by atoms with E-state index in [0.717, 1.165) is 44.5 Å². The molecular formula is C20H28N2O3. The van der Waals surface area contributed by atoms with Crippen LogP contribution in [0, 0.1) is 5.92 Å². The van der Waals surface area contributed by atoms with Crippen molar-refractivity contribution in [2.24, 2.45) is 5.92 Å². The standard InChI is InChI=1S/C20H28N2O3/c23-19-9-12-25-14-16(19)18-8-4-10-21(18)13-20(24)22-11-3-6-15-5-1-2-7-17(15)22/h1-2,5,7,16,18-19,23H,3-4,6,8-14H2/t16-,18-,19+/m1/s1. The Bertz CT molecular complexity index is 621. The SMILES string of the molecule is O=C(CN1CCC[C@@H]1[C@H]1COCC[C@@H]1O)N1CCCc2ccccc21. The molecule has 2 saturated heterocycles. The topological polar surface area (TPSA) is 53.0 Å². The van der Waals surface area contributed by atoms with Crippen LogP contribution in [-0.2, 0) is 16.0 Å². The van der Waals surface area contributed by atoms with Crippen molar-refractivity contribution in [2.75, 3.05) is 37.7 Å². The lowest BCUT2D eigenvalue weighted by molar-refractivity contribution is -0.121. The molecule has 3 heterocycles. The zero-order chi connectivity index (χ0) is 17.2. The van der Waals surface area contributed by atoms with Crippen LogP contribution in [-0.4, -0.2) is 60.9 Å². The molecule has 0 unspecified atom stereocenters. The summed E-state index contributed by atoms with van der Waals surface area (Å²) in [4.78, 5) is 17.3. The summed E-state index contributed by atoms with van der Waals surface area (Å²) < 4.78 is 5.60. The van der Waals surface area contributed by atoms with Gasteiger partial charge in [0.1, 0.15) is 0 Å². The van der Waals surface area contributed by atoms with Gasteiger partial charge in [0.15, 0.2) is 0 Å². The van der Waals surface area contributed by atoms with E-state index in [4.69, 9.17) is 4.74 Å². The number of aliphatic hydroxyl groups is 1. The molecule has 3 aliphatic rings. The van der Waals surface area contributed by atoms with Crippen LogP contribution in [0.25, 0.3) is 0 Å². The molecule has 5 heteroatoms. The number of aliphatic hydroxyl groups excluding tert-OH is 1. The smallest absolute Gasteiger partial charge is 0.241 e. The molecule has 4 rings (SSSR count). The fourth-order valence-electron chi connectivity index (χ4n) is 4.70. The number of hydrogen-bond acceptors (Lipinski definition) is 4. The third-order valence-corrected chi connectivity index (χ3v) is 6.02. The second kappa shape index (κ2) is 7.44. The molecule has 0 aromatic heterocycles. The number of nitrogens with zero attached hydrogens (tertiary/aromatic N) is 2.